The van der Waals surface area contributed by atoms with E-state index in [0.717, 1.165) is 4.44 Å². The van der Waals surface area contributed by atoms with E-state index in [4.69, 9.17) is 0 Å². The van der Waals surface area contributed by atoms with Crippen molar-refractivity contribution >= 4 is 0 Å². The van der Waals surface area contributed by atoms with Crippen molar-refractivity contribution in [2.24, 2.45) is 0 Å². The monoisotopic (exact) mass is 286 g/mol. The summed E-state index contributed by atoms with van der Waals surface area (Å²) in [5, 5.41) is 4.38. The van der Waals surface area contributed by atoms with Gasteiger partial charge in [0.25, 0.3) is 0 Å². The van der Waals surface area contributed by atoms with Gasteiger partial charge in [-0.1, -0.05) is 0 Å². The Morgan fingerprint density at radius 3 is 1.72 bits per heavy atom. The van der Waals surface area contributed by atoms with Gasteiger partial charge in [0.15, 0.2) is 0 Å². The van der Waals surface area contributed by atoms with Crippen LogP contribution in [0.25, 0.3) is 0 Å². The first kappa shape index (κ1) is 7.45. The van der Waals surface area contributed by atoms with Crippen molar-refractivity contribution < 1.29 is 6.51 Å². The Morgan fingerprint density at radius 1 is 1.00 bits per heavy atom. The Kier molecular flexibility index (Phi) is 0.261. The van der Waals surface area contributed by atoms with Gasteiger partial charge >= 0.3 is 98.1 Å². The molecule has 0 aromatic rings. The third kappa shape index (κ3) is 0.0778. The Bertz CT molecular complexity index is 882. The van der Waals surface area contributed by atoms with Gasteiger partial charge < -0.3 is 0 Å². The van der Waals surface area contributed by atoms with Crippen molar-refractivity contribution in [2.45, 2.75) is 67.3 Å². The molecule has 100 valence electrons. The molecule has 10 aliphatic rings. The SMILES string of the molecule is CCC(N[C]12[CH]3[CH]4[CH]5[CH]1[Fe]45321678[CH]2[CH]1[CH]6[CH]7[CH]28)N(C)C. The predicted molar refractivity (Wildman–Crippen MR) is 67.4 cm³/mol. The average molecular weight is 286 g/mol. The van der Waals surface area contributed by atoms with Crippen LogP contribution in [0.1, 0.15) is 13.3 Å². The van der Waals surface area contributed by atoms with Crippen molar-refractivity contribution in [3.05, 3.63) is 0 Å². The Balaban J connectivity index is 1.39. The fourth-order valence-electron chi connectivity index (χ4n) is 17.4. The molecule has 5 atom stereocenters. The standard InChI is InChI=1S/C10H17N2.C5H5.Fe/c1-4-10(12(2)3)11-9-7-5-6-8-9;1-2-4-5-3-1;/h5-8,10-11H,4H2,1-3H3;1-5H;. The second-order valence-electron chi connectivity index (χ2n) is 11.7. The Hall–Kier alpha value is 0.439. The molecule has 10 saturated heterocycles. The van der Waals surface area contributed by atoms with Gasteiger partial charge in [0.2, 0.25) is 0 Å². The summed E-state index contributed by atoms with van der Waals surface area (Å²) >= 11 is 0. The molecule has 10 aliphatic heterocycles. The summed E-state index contributed by atoms with van der Waals surface area (Å²) < 4.78 is 0.907. The summed E-state index contributed by atoms with van der Waals surface area (Å²) in [5.41, 5.74) is 0. The molecule has 3 heteroatoms. The average Bonchev–Trinajstić information content (AvgIpc) is 3.27. The molecular formula is C15H22FeN2. The van der Waals surface area contributed by atoms with Gasteiger partial charge in [-0.25, -0.2) is 0 Å². The maximum absolute atomic E-state index is 4.38. The topological polar surface area (TPSA) is 15.3 Å². The van der Waals surface area contributed by atoms with Crippen molar-refractivity contribution in [2.75, 3.05) is 14.1 Å². The molecule has 2 nitrogen and oxygen atoms in total. The summed E-state index contributed by atoms with van der Waals surface area (Å²) in [5.74, 6) is 0. The fraction of sp³-hybridized carbons (Fsp3) is 1.00. The first-order valence-electron chi connectivity index (χ1n) is 8.06. The van der Waals surface area contributed by atoms with Gasteiger partial charge in [0.1, 0.15) is 0 Å². The molecule has 0 aromatic carbocycles. The van der Waals surface area contributed by atoms with Crippen LogP contribution in [-0.4, -0.2) is 29.6 Å². The van der Waals surface area contributed by atoms with E-state index in [2.05, 4.69) is 31.2 Å². The molecule has 10 heterocycles. The van der Waals surface area contributed by atoms with Gasteiger partial charge in [-0.2, -0.15) is 0 Å². The molecule has 10 rings (SSSR count). The second kappa shape index (κ2) is 0.631. The van der Waals surface area contributed by atoms with Crippen molar-refractivity contribution in [3.63, 3.8) is 0 Å². The van der Waals surface area contributed by atoms with E-state index < -0.39 is 6.51 Å². The van der Waals surface area contributed by atoms with E-state index >= 15 is 0 Å². The Labute approximate surface area is 98.1 Å². The molecular weight excluding hydrogens is 264 g/mol. The van der Waals surface area contributed by atoms with Crippen LogP contribution in [0, 0.1) is 0 Å². The zero-order chi connectivity index (χ0) is 11.6. The summed E-state index contributed by atoms with van der Waals surface area (Å²) in [4.78, 5) is 15.5. The Morgan fingerprint density at radius 2 is 1.50 bits per heavy atom. The number of hydrogen-bond acceptors (Lipinski definition) is 2. The molecule has 0 bridgehead atoms. The van der Waals surface area contributed by atoms with Crippen molar-refractivity contribution in [1.29, 1.82) is 0 Å². The molecule has 0 aromatic heterocycles. The normalized spacial score (nSPS) is 115. The molecule has 18 heavy (non-hydrogen) atoms. The fourth-order valence-corrected chi connectivity index (χ4v) is 90.7. The van der Waals surface area contributed by atoms with E-state index in [9.17, 15) is 0 Å². The minimum absolute atomic E-state index is 0.685. The van der Waals surface area contributed by atoms with Crippen LogP contribution in [0.15, 0.2) is 0 Å². The zero-order valence-electron chi connectivity index (χ0n) is 11.3. The molecule has 1 N–H and O–H groups in total. The molecule has 0 radical (unpaired) electrons. The van der Waals surface area contributed by atoms with Gasteiger partial charge in [-0.3, -0.25) is 0 Å². The van der Waals surface area contributed by atoms with Crippen LogP contribution in [0.4, 0.5) is 0 Å². The molecule has 0 aliphatic carbocycles. The van der Waals surface area contributed by atoms with Crippen LogP contribution in [0.2, 0.25) is 43.3 Å². The van der Waals surface area contributed by atoms with Crippen LogP contribution in [-0.2, 0) is 6.51 Å². The number of rotatable bonds is 4. The number of hydrogen-bond donors (Lipinski definition) is 1. The number of nitrogens with zero attached hydrogens (tertiary/aromatic N) is 1. The maximum atomic E-state index is 4.38. The summed E-state index contributed by atoms with van der Waals surface area (Å²) in [6, 6.07) is 0. The number of fused-ring (bicyclic) bond motifs is 10. The van der Waals surface area contributed by atoms with Crippen LogP contribution < -0.4 is 5.32 Å². The van der Waals surface area contributed by atoms with E-state index in [0.29, 0.717) is 6.17 Å². The molecule has 5 unspecified atom stereocenters. The minimum atomic E-state index is -2.83. The zero-order valence-corrected chi connectivity index (χ0v) is 12.4. The van der Waals surface area contributed by atoms with Crippen molar-refractivity contribution in [1.82, 2.24) is 10.2 Å². The van der Waals surface area contributed by atoms with E-state index in [1.54, 1.807) is 0 Å². The van der Waals surface area contributed by atoms with Gasteiger partial charge in [-0.05, 0) is 0 Å². The summed E-state index contributed by atoms with van der Waals surface area (Å²) in [7, 11) is 4.57. The second-order valence-corrected chi connectivity index (χ2v) is 35.3. The summed E-state index contributed by atoms with van der Waals surface area (Å²) in [6.07, 6.45) is 1.98. The third-order valence-corrected chi connectivity index (χ3v) is 58.3. The van der Waals surface area contributed by atoms with Crippen molar-refractivity contribution in [3.8, 4) is 0 Å². The van der Waals surface area contributed by atoms with Crippen LogP contribution in [0.5, 0.6) is 0 Å². The van der Waals surface area contributed by atoms with E-state index in [1.807, 2.05) is 0 Å². The van der Waals surface area contributed by atoms with Gasteiger partial charge in [0, 0.05) is 0 Å². The third-order valence-electron chi connectivity index (χ3n) is 16.1. The molecule has 0 saturated carbocycles. The molecule has 10 fully saturated rings. The predicted octanol–water partition coefficient (Wildman–Crippen LogP) is 3.17. The molecule has 1 spiro atoms. The first-order valence-corrected chi connectivity index (χ1v) is 14.4. The molecule has 0 amide bonds. The van der Waals surface area contributed by atoms with Crippen LogP contribution in [0.3, 0.4) is 0 Å². The van der Waals surface area contributed by atoms with Gasteiger partial charge in [-0.15, -0.1) is 0 Å². The van der Waals surface area contributed by atoms with Gasteiger partial charge in [0.05, 0.1) is 0 Å². The van der Waals surface area contributed by atoms with E-state index in [1.165, 1.54) is 49.8 Å². The first-order chi connectivity index (χ1) is 8.41. The quantitative estimate of drug-likeness (QED) is 0.631. The van der Waals surface area contributed by atoms with Crippen LogP contribution >= 0.6 is 0 Å². The van der Waals surface area contributed by atoms with E-state index in [-0.39, 0.29) is 0 Å². The summed E-state index contributed by atoms with van der Waals surface area (Å²) in [6.45, 7) is -0.452. The number of nitrogens with one attached hydrogen (secondary N) is 1.